The monoisotopic (exact) mass is 566 g/mol. The molecule has 0 aliphatic rings. The lowest BCUT2D eigenvalue weighted by Crippen LogP contribution is -2.30. The highest BCUT2D eigenvalue weighted by Gasteiger charge is 2.26. The molecule has 3 N–H and O–H groups in total. The molecule has 1 aromatic heterocycles. The van der Waals surface area contributed by atoms with E-state index in [1.165, 1.54) is 4.31 Å². The number of aryl methyl sites for hydroxylation is 3. The standard InChI is InChI=1S/C32H34N6O2S/c1-36(2)26-16-11-24(12-17-26)22-38(41(39,40)28-7-5-4-6-8-28)27-18-19-30-29(21-27)35-31(37(30)3)20-13-23-9-14-25(15-10-23)32(33)34/h4-12,14-19,21H,13,20,22H2,1-3H3,(H3,33,34). The molecule has 8 nitrogen and oxygen atoms in total. The highest BCUT2D eigenvalue weighted by molar-refractivity contribution is 7.92. The average Bonchev–Trinajstić information content (AvgIpc) is 3.29. The van der Waals surface area contributed by atoms with Crippen molar-refractivity contribution >= 4 is 38.3 Å². The van der Waals surface area contributed by atoms with Gasteiger partial charge in [0.05, 0.1) is 28.2 Å². The largest absolute Gasteiger partial charge is 0.384 e. The Morgan fingerprint density at radius 1 is 0.854 bits per heavy atom. The van der Waals surface area contributed by atoms with Crippen molar-refractivity contribution in [3.8, 4) is 0 Å². The van der Waals surface area contributed by atoms with Gasteiger partial charge in [0, 0.05) is 38.8 Å². The second-order valence-corrected chi connectivity index (χ2v) is 12.1. The van der Waals surface area contributed by atoms with Crippen LogP contribution in [0.25, 0.3) is 11.0 Å². The predicted octanol–water partition coefficient (Wildman–Crippen LogP) is 5.10. The second kappa shape index (κ2) is 11.5. The lowest BCUT2D eigenvalue weighted by molar-refractivity contribution is 0.590. The fourth-order valence-corrected chi connectivity index (χ4v) is 6.29. The average molecular weight is 567 g/mol. The van der Waals surface area contributed by atoms with Gasteiger partial charge in [0.1, 0.15) is 11.7 Å². The summed E-state index contributed by atoms with van der Waals surface area (Å²) < 4.78 is 31.3. The molecule has 5 rings (SSSR count). The van der Waals surface area contributed by atoms with Gasteiger partial charge in [-0.1, -0.05) is 54.6 Å². The third kappa shape index (κ3) is 5.95. The van der Waals surface area contributed by atoms with Gasteiger partial charge in [-0.3, -0.25) is 9.71 Å². The lowest BCUT2D eigenvalue weighted by atomic mass is 10.1. The number of hydrogen-bond acceptors (Lipinski definition) is 5. The normalized spacial score (nSPS) is 11.5. The first-order chi connectivity index (χ1) is 19.6. The van der Waals surface area contributed by atoms with Gasteiger partial charge >= 0.3 is 0 Å². The number of amidine groups is 1. The first-order valence-electron chi connectivity index (χ1n) is 13.4. The Kier molecular flexibility index (Phi) is 7.81. The van der Waals surface area contributed by atoms with Gasteiger partial charge in [-0.2, -0.15) is 0 Å². The van der Waals surface area contributed by atoms with Crippen molar-refractivity contribution in [1.29, 1.82) is 5.41 Å². The summed E-state index contributed by atoms with van der Waals surface area (Å²) in [7, 11) is 2.09. The molecule has 0 amide bonds. The number of aromatic nitrogens is 2. The Hall–Kier alpha value is -4.63. The zero-order chi connectivity index (χ0) is 29.1. The maximum absolute atomic E-state index is 13.9. The molecule has 0 saturated carbocycles. The molecule has 0 radical (unpaired) electrons. The van der Waals surface area contributed by atoms with Crippen LogP contribution in [-0.2, 0) is 36.5 Å². The molecule has 0 fully saturated rings. The Bertz CT molecular complexity index is 1780. The Labute approximate surface area is 241 Å². The maximum atomic E-state index is 13.9. The van der Waals surface area contributed by atoms with E-state index in [1.54, 1.807) is 24.3 Å². The maximum Gasteiger partial charge on any atom is 0.264 e. The Morgan fingerprint density at radius 2 is 1.49 bits per heavy atom. The van der Waals surface area contributed by atoms with Crippen molar-refractivity contribution in [2.24, 2.45) is 12.8 Å². The van der Waals surface area contributed by atoms with Gasteiger partial charge in [0.2, 0.25) is 0 Å². The van der Waals surface area contributed by atoms with E-state index in [4.69, 9.17) is 16.1 Å². The second-order valence-electron chi connectivity index (χ2n) is 10.3. The number of hydrogen-bond donors (Lipinski definition) is 2. The van der Waals surface area contributed by atoms with Crippen molar-refractivity contribution in [2.45, 2.75) is 24.3 Å². The Balaban J connectivity index is 1.47. The van der Waals surface area contributed by atoms with Crippen molar-refractivity contribution in [3.63, 3.8) is 0 Å². The number of nitrogen functional groups attached to an aromatic ring is 1. The fraction of sp³-hybridized carbons (Fsp3) is 0.188. The van der Waals surface area contributed by atoms with Crippen LogP contribution < -0.4 is 14.9 Å². The van der Waals surface area contributed by atoms with E-state index in [1.807, 2.05) is 98.8 Å². The van der Waals surface area contributed by atoms with Crippen LogP contribution in [0.2, 0.25) is 0 Å². The van der Waals surface area contributed by atoms with Crippen LogP contribution in [0.5, 0.6) is 0 Å². The molecule has 0 saturated heterocycles. The molecular formula is C32H34N6O2S. The summed E-state index contributed by atoms with van der Waals surface area (Å²) in [6.07, 6.45) is 1.49. The molecule has 41 heavy (non-hydrogen) atoms. The molecule has 9 heteroatoms. The summed E-state index contributed by atoms with van der Waals surface area (Å²) in [6.45, 7) is 0.187. The summed E-state index contributed by atoms with van der Waals surface area (Å²) in [5.74, 6) is 0.959. The summed E-state index contributed by atoms with van der Waals surface area (Å²) in [6, 6.07) is 29.7. The third-order valence-corrected chi connectivity index (χ3v) is 9.05. The minimum Gasteiger partial charge on any atom is -0.384 e. The first-order valence-corrected chi connectivity index (χ1v) is 14.8. The van der Waals surface area contributed by atoms with Gasteiger partial charge in [-0.15, -0.1) is 0 Å². The summed E-state index contributed by atoms with van der Waals surface area (Å²) in [5, 5.41) is 7.58. The molecule has 0 bridgehead atoms. The number of nitrogens with zero attached hydrogens (tertiary/aromatic N) is 4. The molecule has 0 unspecified atom stereocenters. The number of nitrogens with one attached hydrogen (secondary N) is 1. The molecule has 0 spiro atoms. The highest BCUT2D eigenvalue weighted by atomic mass is 32.2. The minimum absolute atomic E-state index is 0.0524. The van der Waals surface area contributed by atoms with Crippen molar-refractivity contribution in [2.75, 3.05) is 23.3 Å². The Morgan fingerprint density at radius 3 is 2.12 bits per heavy atom. The SMILES string of the molecule is CN(C)c1ccc(CN(c2ccc3c(c2)nc(CCc2ccc(C(=N)N)cc2)n3C)S(=O)(=O)c2ccccc2)cc1. The molecule has 0 atom stereocenters. The van der Waals surface area contributed by atoms with E-state index >= 15 is 0 Å². The number of rotatable bonds is 10. The van der Waals surface area contributed by atoms with Gasteiger partial charge < -0.3 is 15.2 Å². The third-order valence-electron chi connectivity index (χ3n) is 7.26. The lowest BCUT2D eigenvalue weighted by Gasteiger charge is -2.25. The minimum atomic E-state index is -3.84. The number of sulfonamides is 1. The quantitative estimate of drug-likeness (QED) is 0.181. The number of benzene rings is 4. The topological polar surface area (TPSA) is 108 Å². The van der Waals surface area contributed by atoms with Crippen molar-refractivity contribution in [3.05, 3.63) is 120 Å². The summed E-state index contributed by atoms with van der Waals surface area (Å²) in [4.78, 5) is 7.14. The van der Waals surface area contributed by atoms with E-state index in [0.717, 1.165) is 40.1 Å². The summed E-state index contributed by atoms with van der Waals surface area (Å²) in [5.41, 5.74) is 11.6. The fourth-order valence-electron chi connectivity index (χ4n) is 4.82. The van der Waals surface area contributed by atoms with Crippen molar-refractivity contribution < 1.29 is 8.42 Å². The molecular weight excluding hydrogens is 532 g/mol. The highest BCUT2D eigenvalue weighted by Crippen LogP contribution is 2.30. The van der Waals surface area contributed by atoms with Crippen LogP contribution >= 0.6 is 0 Å². The summed E-state index contributed by atoms with van der Waals surface area (Å²) >= 11 is 0. The molecule has 210 valence electrons. The number of nitrogens with two attached hydrogens (primary N) is 1. The number of fused-ring (bicyclic) bond motifs is 1. The van der Waals surface area contributed by atoms with Crippen molar-refractivity contribution in [1.82, 2.24) is 9.55 Å². The molecule has 0 aliphatic heterocycles. The zero-order valence-electron chi connectivity index (χ0n) is 23.4. The molecule has 0 aliphatic carbocycles. The zero-order valence-corrected chi connectivity index (χ0v) is 24.3. The van der Waals surface area contributed by atoms with Gasteiger partial charge in [0.15, 0.2) is 0 Å². The van der Waals surface area contributed by atoms with E-state index in [-0.39, 0.29) is 17.3 Å². The number of anilines is 2. The van der Waals surface area contributed by atoms with E-state index in [2.05, 4.69) is 4.57 Å². The van der Waals surface area contributed by atoms with Crippen LogP contribution in [-0.4, -0.2) is 37.9 Å². The van der Waals surface area contributed by atoms with E-state index in [9.17, 15) is 8.42 Å². The molecule has 1 heterocycles. The smallest absolute Gasteiger partial charge is 0.264 e. The van der Waals surface area contributed by atoms with Crippen LogP contribution in [0, 0.1) is 5.41 Å². The van der Waals surface area contributed by atoms with Gasteiger partial charge in [-0.05, 0) is 60.0 Å². The predicted molar refractivity (Wildman–Crippen MR) is 166 cm³/mol. The first kappa shape index (κ1) is 27.9. The van der Waals surface area contributed by atoms with Crippen LogP contribution in [0.15, 0.2) is 102 Å². The van der Waals surface area contributed by atoms with Gasteiger partial charge in [0.25, 0.3) is 10.0 Å². The van der Waals surface area contributed by atoms with E-state index in [0.29, 0.717) is 17.7 Å². The van der Waals surface area contributed by atoms with Crippen LogP contribution in [0.4, 0.5) is 11.4 Å². The van der Waals surface area contributed by atoms with Crippen LogP contribution in [0.3, 0.4) is 0 Å². The van der Waals surface area contributed by atoms with Crippen LogP contribution in [0.1, 0.15) is 22.5 Å². The number of imidazole rings is 1. The van der Waals surface area contributed by atoms with Gasteiger partial charge in [-0.25, -0.2) is 13.4 Å². The molecule has 4 aromatic carbocycles. The molecule has 5 aromatic rings. The van der Waals surface area contributed by atoms with E-state index < -0.39 is 10.0 Å².